The number of rotatable bonds is 2. The lowest BCUT2D eigenvalue weighted by molar-refractivity contribution is 0.627. The van der Waals surface area contributed by atoms with Crippen LogP contribution in [-0.2, 0) is 0 Å². The number of anilines is 3. The van der Waals surface area contributed by atoms with Crippen molar-refractivity contribution in [3.05, 3.63) is 41.3 Å². The number of halogens is 1. The lowest BCUT2D eigenvalue weighted by Crippen LogP contribution is -2.02. The van der Waals surface area contributed by atoms with Crippen LogP contribution in [0.2, 0.25) is 0 Å². The van der Waals surface area contributed by atoms with Gasteiger partial charge in [0.2, 0.25) is 5.95 Å². The molecule has 1 heterocycles. The number of nitrogens with one attached hydrogen (secondary N) is 1. The van der Waals surface area contributed by atoms with E-state index in [-0.39, 0.29) is 11.8 Å². The fourth-order valence-electron chi connectivity index (χ4n) is 1.56. The van der Waals surface area contributed by atoms with Crippen molar-refractivity contribution >= 4 is 17.5 Å². The fourth-order valence-corrected chi connectivity index (χ4v) is 1.56. The van der Waals surface area contributed by atoms with E-state index in [1.54, 1.807) is 12.1 Å². The molecule has 0 unspecified atom stereocenters. The number of hydrogen-bond acceptors (Lipinski definition) is 4. The zero-order valence-electron chi connectivity index (χ0n) is 9.66. The number of nitrogens with zero attached hydrogens (tertiary/aromatic N) is 2. The fraction of sp³-hybridized carbons (Fsp3) is 0.167. The summed E-state index contributed by atoms with van der Waals surface area (Å²) in [6, 6.07) is 6.30. The summed E-state index contributed by atoms with van der Waals surface area (Å²) in [5.41, 5.74) is 7.93. The normalized spacial score (nSPS) is 10.3. The van der Waals surface area contributed by atoms with Crippen LogP contribution in [0.1, 0.15) is 11.3 Å². The molecule has 4 nitrogen and oxygen atoms in total. The highest BCUT2D eigenvalue weighted by atomic mass is 19.1. The van der Waals surface area contributed by atoms with E-state index in [1.165, 1.54) is 12.1 Å². The lowest BCUT2D eigenvalue weighted by atomic mass is 10.2. The summed E-state index contributed by atoms with van der Waals surface area (Å²) < 4.78 is 12.9. The summed E-state index contributed by atoms with van der Waals surface area (Å²) in [5, 5.41) is 3.08. The minimum atomic E-state index is -0.258. The number of aromatic nitrogens is 2. The molecule has 1 aromatic heterocycles. The zero-order chi connectivity index (χ0) is 12.4. The molecular weight excluding hydrogens is 219 g/mol. The Morgan fingerprint density at radius 2 is 1.94 bits per heavy atom. The number of benzene rings is 1. The van der Waals surface area contributed by atoms with Crippen LogP contribution in [0.15, 0.2) is 24.3 Å². The van der Waals surface area contributed by atoms with Gasteiger partial charge >= 0.3 is 0 Å². The van der Waals surface area contributed by atoms with Gasteiger partial charge in [-0.15, -0.1) is 0 Å². The Balaban J connectivity index is 2.31. The molecule has 1 aromatic carbocycles. The Bertz CT molecular complexity index is 534. The van der Waals surface area contributed by atoms with E-state index in [4.69, 9.17) is 5.73 Å². The van der Waals surface area contributed by atoms with E-state index in [0.717, 1.165) is 16.9 Å². The molecule has 0 aliphatic rings. The second-order valence-corrected chi connectivity index (χ2v) is 3.84. The molecule has 0 aliphatic carbocycles. The minimum Gasteiger partial charge on any atom is -0.368 e. The van der Waals surface area contributed by atoms with Gasteiger partial charge in [0.15, 0.2) is 0 Å². The monoisotopic (exact) mass is 232 g/mol. The summed E-state index contributed by atoms with van der Waals surface area (Å²) in [6.45, 7) is 3.66. The first-order chi connectivity index (χ1) is 8.04. The first-order valence-electron chi connectivity index (χ1n) is 5.19. The van der Waals surface area contributed by atoms with Crippen molar-refractivity contribution in [2.75, 3.05) is 11.1 Å². The SMILES string of the molecule is Cc1cc(Nc2ccc(F)cc2C)nc(N)n1. The average Bonchev–Trinajstić information content (AvgIpc) is 2.21. The predicted molar refractivity (Wildman–Crippen MR) is 65.6 cm³/mol. The van der Waals surface area contributed by atoms with Crippen molar-refractivity contribution in [3.8, 4) is 0 Å². The summed E-state index contributed by atoms with van der Waals surface area (Å²) in [4.78, 5) is 8.03. The molecule has 2 rings (SSSR count). The van der Waals surface area contributed by atoms with Crippen LogP contribution in [0.4, 0.5) is 21.8 Å². The maximum Gasteiger partial charge on any atom is 0.222 e. The third kappa shape index (κ3) is 2.69. The minimum absolute atomic E-state index is 0.215. The second-order valence-electron chi connectivity index (χ2n) is 3.84. The molecule has 0 saturated heterocycles. The molecule has 0 fully saturated rings. The van der Waals surface area contributed by atoms with Gasteiger partial charge in [-0.05, 0) is 37.6 Å². The zero-order valence-corrected chi connectivity index (χ0v) is 9.66. The molecule has 88 valence electrons. The Morgan fingerprint density at radius 3 is 2.59 bits per heavy atom. The molecule has 2 aromatic rings. The third-order valence-electron chi connectivity index (χ3n) is 2.32. The van der Waals surface area contributed by atoms with Gasteiger partial charge in [0.05, 0.1) is 0 Å². The summed E-state index contributed by atoms with van der Waals surface area (Å²) in [5.74, 6) is 0.559. The number of nitrogens with two attached hydrogens (primary N) is 1. The van der Waals surface area contributed by atoms with Gasteiger partial charge in [-0.3, -0.25) is 0 Å². The topological polar surface area (TPSA) is 63.8 Å². The molecule has 0 atom stereocenters. The summed E-state index contributed by atoms with van der Waals surface area (Å²) >= 11 is 0. The molecule has 0 aliphatic heterocycles. The van der Waals surface area contributed by atoms with Gasteiger partial charge in [0.25, 0.3) is 0 Å². The summed E-state index contributed by atoms with van der Waals surface area (Å²) in [6.07, 6.45) is 0. The van der Waals surface area contributed by atoms with Gasteiger partial charge < -0.3 is 11.1 Å². The highest BCUT2D eigenvalue weighted by Crippen LogP contribution is 2.20. The maximum absolute atomic E-state index is 12.9. The van der Waals surface area contributed by atoms with Crippen LogP contribution in [0.5, 0.6) is 0 Å². The van der Waals surface area contributed by atoms with E-state index in [2.05, 4.69) is 15.3 Å². The van der Waals surface area contributed by atoms with Crippen molar-refractivity contribution in [1.29, 1.82) is 0 Å². The third-order valence-corrected chi connectivity index (χ3v) is 2.32. The maximum atomic E-state index is 12.9. The molecule has 0 bridgehead atoms. The van der Waals surface area contributed by atoms with Gasteiger partial charge in [-0.1, -0.05) is 0 Å². The van der Waals surface area contributed by atoms with Gasteiger partial charge in [-0.25, -0.2) is 9.37 Å². The molecule has 0 saturated carbocycles. The molecule has 17 heavy (non-hydrogen) atoms. The van der Waals surface area contributed by atoms with Crippen LogP contribution in [0, 0.1) is 19.7 Å². The molecule has 0 radical (unpaired) electrons. The van der Waals surface area contributed by atoms with Crippen LogP contribution in [-0.4, -0.2) is 9.97 Å². The number of aryl methyl sites for hydroxylation is 2. The van der Waals surface area contributed by atoms with Crippen molar-refractivity contribution in [2.45, 2.75) is 13.8 Å². The molecular formula is C12H13FN4. The molecule has 3 N–H and O–H groups in total. The lowest BCUT2D eigenvalue weighted by Gasteiger charge is -2.09. The van der Waals surface area contributed by atoms with Crippen LogP contribution < -0.4 is 11.1 Å². The van der Waals surface area contributed by atoms with Gasteiger partial charge in [0.1, 0.15) is 11.6 Å². The van der Waals surface area contributed by atoms with E-state index in [9.17, 15) is 4.39 Å². The van der Waals surface area contributed by atoms with Crippen LogP contribution in [0.3, 0.4) is 0 Å². The Hall–Kier alpha value is -2.17. The van der Waals surface area contributed by atoms with E-state index >= 15 is 0 Å². The van der Waals surface area contributed by atoms with Crippen molar-refractivity contribution in [3.63, 3.8) is 0 Å². The van der Waals surface area contributed by atoms with Gasteiger partial charge in [-0.2, -0.15) is 4.98 Å². The Kier molecular flexibility index (Phi) is 2.91. The van der Waals surface area contributed by atoms with E-state index in [0.29, 0.717) is 5.82 Å². The van der Waals surface area contributed by atoms with Crippen molar-refractivity contribution in [2.24, 2.45) is 0 Å². The standard InChI is InChI=1S/C12H13FN4/c1-7-5-9(13)3-4-10(7)16-11-6-8(2)15-12(14)17-11/h3-6H,1-2H3,(H3,14,15,16,17). The van der Waals surface area contributed by atoms with Crippen LogP contribution in [0.25, 0.3) is 0 Å². The number of nitrogen functional groups attached to an aromatic ring is 1. The quantitative estimate of drug-likeness (QED) is 0.835. The highest BCUT2D eigenvalue weighted by Gasteiger charge is 2.03. The van der Waals surface area contributed by atoms with E-state index in [1.807, 2.05) is 13.8 Å². The molecule has 0 amide bonds. The first kappa shape index (κ1) is 11.3. The average molecular weight is 232 g/mol. The van der Waals surface area contributed by atoms with E-state index < -0.39 is 0 Å². The Labute approximate surface area is 98.7 Å². The van der Waals surface area contributed by atoms with Crippen molar-refractivity contribution in [1.82, 2.24) is 9.97 Å². The largest absolute Gasteiger partial charge is 0.368 e. The highest BCUT2D eigenvalue weighted by molar-refractivity contribution is 5.61. The molecule has 0 spiro atoms. The predicted octanol–water partition coefficient (Wildman–Crippen LogP) is 2.56. The summed E-state index contributed by atoms with van der Waals surface area (Å²) in [7, 11) is 0. The van der Waals surface area contributed by atoms with Gasteiger partial charge in [0, 0.05) is 17.4 Å². The number of hydrogen-bond donors (Lipinski definition) is 2. The second kappa shape index (κ2) is 4.37. The molecule has 5 heteroatoms. The van der Waals surface area contributed by atoms with Crippen molar-refractivity contribution < 1.29 is 4.39 Å². The first-order valence-corrected chi connectivity index (χ1v) is 5.19. The smallest absolute Gasteiger partial charge is 0.222 e. The Morgan fingerprint density at radius 1 is 1.18 bits per heavy atom. The van der Waals surface area contributed by atoms with Crippen LogP contribution >= 0.6 is 0 Å².